The second-order valence-corrected chi connectivity index (χ2v) is 9.04. The van der Waals surface area contributed by atoms with Crippen LogP contribution in [-0.2, 0) is 16.4 Å². The highest BCUT2D eigenvalue weighted by molar-refractivity contribution is 8.02. The number of furan rings is 1. The lowest BCUT2D eigenvalue weighted by Gasteiger charge is -2.19. The van der Waals surface area contributed by atoms with E-state index in [4.69, 9.17) is 4.42 Å². The fourth-order valence-corrected chi connectivity index (χ4v) is 7.30. The number of sulfone groups is 1. The minimum Gasteiger partial charge on any atom is -0.468 e. The van der Waals surface area contributed by atoms with Crippen molar-refractivity contribution in [2.75, 3.05) is 11.5 Å². The van der Waals surface area contributed by atoms with E-state index in [1.54, 1.807) is 35.5 Å². The summed E-state index contributed by atoms with van der Waals surface area (Å²) >= 11 is 2.98. The Hall–Kier alpha value is -0.840. The van der Waals surface area contributed by atoms with Gasteiger partial charge in [0, 0.05) is 19.0 Å². The van der Waals surface area contributed by atoms with E-state index in [1.165, 1.54) is 11.3 Å². The second-order valence-electron chi connectivity index (χ2n) is 4.62. The van der Waals surface area contributed by atoms with Gasteiger partial charge in [-0.15, -0.1) is 11.3 Å². The van der Waals surface area contributed by atoms with Gasteiger partial charge in [0.05, 0.1) is 18.1 Å². The summed E-state index contributed by atoms with van der Waals surface area (Å²) < 4.78 is 30.9. The van der Waals surface area contributed by atoms with Crippen LogP contribution in [0.15, 0.2) is 44.5 Å². The standard InChI is InChI=1S/C13H15NO3S3.2H2O.H2/c15-20(16,13-4-2-6-19-13)12-9-18-8-11(12)14-7-10-3-1-5-17-10;;;/h1-6,11-12,14H,7-9H2;2*1H2;1H/t11-,12-;;;/m0.../s1. The molecule has 3 heterocycles. The van der Waals surface area contributed by atoms with Crippen LogP contribution in [0.2, 0.25) is 0 Å². The van der Waals surface area contributed by atoms with E-state index in [-0.39, 0.29) is 23.7 Å². The molecular weight excluding hydrogens is 346 g/mol. The van der Waals surface area contributed by atoms with Gasteiger partial charge in [-0.05, 0) is 23.6 Å². The minimum atomic E-state index is -3.23. The van der Waals surface area contributed by atoms with Crippen molar-refractivity contribution in [3.63, 3.8) is 0 Å². The number of hydrogen-bond donors (Lipinski definition) is 1. The van der Waals surface area contributed by atoms with Crippen LogP contribution in [0.25, 0.3) is 0 Å². The highest BCUT2D eigenvalue weighted by Gasteiger charge is 2.39. The van der Waals surface area contributed by atoms with Crippen molar-refractivity contribution in [2.45, 2.75) is 22.0 Å². The maximum atomic E-state index is 12.6. The summed E-state index contributed by atoms with van der Waals surface area (Å²) in [6.07, 6.45) is 1.63. The number of nitrogens with one attached hydrogen (secondary N) is 1. The summed E-state index contributed by atoms with van der Waals surface area (Å²) in [7, 11) is -3.23. The molecule has 0 saturated carbocycles. The van der Waals surface area contributed by atoms with Crippen LogP contribution in [0.5, 0.6) is 0 Å². The second kappa shape index (κ2) is 8.14. The Labute approximate surface area is 138 Å². The summed E-state index contributed by atoms with van der Waals surface area (Å²) in [6, 6.07) is 7.16. The highest BCUT2D eigenvalue weighted by atomic mass is 32.2. The number of thiophene rings is 1. The molecule has 0 bridgehead atoms. The number of thioether (sulfide) groups is 1. The molecule has 0 radical (unpaired) electrons. The third kappa shape index (κ3) is 3.92. The summed E-state index contributed by atoms with van der Waals surface area (Å²) in [5.41, 5.74) is 0. The van der Waals surface area contributed by atoms with Gasteiger partial charge in [-0.3, -0.25) is 0 Å². The van der Waals surface area contributed by atoms with Crippen LogP contribution in [0.3, 0.4) is 0 Å². The van der Waals surface area contributed by atoms with E-state index in [1.807, 2.05) is 12.1 Å². The predicted octanol–water partition coefficient (Wildman–Crippen LogP) is 0.985. The van der Waals surface area contributed by atoms with Crippen molar-refractivity contribution in [1.29, 1.82) is 0 Å². The molecule has 0 aliphatic carbocycles. The quantitative estimate of drug-likeness (QED) is 0.844. The van der Waals surface area contributed by atoms with Crippen molar-refractivity contribution < 1.29 is 25.2 Å². The van der Waals surface area contributed by atoms with E-state index in [0.717, 1.165) is 11.5 Å². The first-order valence-corrected chi connectivity index (χ1v) is 9.87. The van der Waals surface area contributed by atoms with Gasteiger partial charge >= 0.3 is 0 Å². The Morgan fingerprint density at radius 3 is 2.73 bits per heavy atom. The van der Waals surface area contributed by atoms with Crippen LogP contribution < -0.4 is 5.32 Å². The number of rotatable bonds is 5. The summed E-state index contributed by atoms with van der Waals surface area (Å²) in [4.78, 5) is 0. The molecule has 3 rings (SSSR count). The zero-order valence-corrected chi connectivity index (χ0v) is 14.1. The molecule has 0 spiro atoms. The van der Waals surface area contributed by atoms with Gasteiger partial charge < -0.3 is 20.7 Å². The van der Waals surface area contributed by atoms with Gasteiger partial charge in [0.2, 0.25) is 0 Å². The third-order valence-electron chi connectivity index (χ3n) is 3.32. The van der Waals surface area contributed by atoms with Gasteiger partial charge in [0.1, 0.15) is 9.97 Å². The van der Waals surface area contributed by atoms with Gasteiger partial charge in [0.15, 0.2) is 9.84 Å². The lowest BCUT2D eigenvalue weighted by atomic mass is 10.2. The Bertz CT molecular complexity index is 645. The summed E-state index contributed by atoms with van der Waals surface area (Å²) in [6.45, 7) is 0.564. The first-order valence-electron chi connectivity index (χ1n) is 6.29. The average molecular weight is 368 g/mol. The molecule has 6 nitrogen and oxygen atoms in total. The molecule has 1 aliphatic heterocycles. The lowest BCUT2D eigenvalue weighted by Crippen LogP contribution is -2.42. The van der Waals surface area contributed by atoms with Crippen molar-refractivity contribution in [1.82, 2.24) is 5.32 Å². The van der Waals surface area contributed by atoms with Gasteiger partial charge in [-0.2, -0.15) is 11.8 Å². The molecule has 5 N–H and O–H groups in total. The van der Waals surface area contributed by atoms with Gasteiger partial charge in [-0.1, -0.05) is 6.07 Å². The van der Waals surface area contributed by atoms with E-state index >= 15 is 0 Å². The van der Waals surface area contributed by atoms with Crippen molar-refractivity contribution in [3.8, 4) is 0 Å². The largest absolute Gasteiger partial charge is 0.468 e. The Kier molecular flexibility index (Phi) is 7.10. The van der Waals surface area contributed by atoms with Gasteiger partial charge in [-0.25, -0.2) is 8.42 Å². The summed E-state index contributed by atoms with van der Waals surface area (Å²) in [5, 5.41) is 4.76. The molecule has 22 heavy (non-hydrogen) atoms. The Morgan fingerprint density at radius 2 is 2.09 bits per heavy atom. The molecule has 0 amide bonds. The van der Waals surface area contributed by atoms with Crippen LogP contribution >= 0.6 is 23.1 Å². The third-order valence-corrected chi connectivity index (χ3v) is 8.36. The molecule has 1 saturated heterocycles. The molecule has 1 aliphatic rings. The first-order chi connectivity index (χ1) is 9.68. The monoisotopic (exact) mass is 367 g/mol. The molecule has 9 heteroatoms. The fraction of sp³-hybridized carbons (Fsp3) is 0.385. The Balaban J connectivity index is 0.00000161. The number of hydrogen-bond acceptors (Lipinski definition) is 6. The molecule has 0 unspecified atom stereocenters. The first kappa shape index (κ1) is 19.2. The topological polar surface area (TPSA) is 122 Å². The Morgan fingerprint density at radius 1 is 1.27 bits per heavy atom. The lowest BCUT2D eigenvalue weighted by molar-refractivity contribution is 0.454. The molecule has 2 atom stereocenters. The van der Waals surface area contributed by atoms with E-state index < -0.39 is 9.84 Å². The maximum absolute atomic E-state index is 12.6. The van der Waals surface area contributed by atoms with Crippen LogP contribution in [0.4, 0.5) is 0 Å². The fourth-order valence-electron chi connectivity index (χ4n) is 2.25. The molecule has 2 aromatic rings. The molecule has 1 fully saturated rings. The van der Waals surface area contributed by atoms with E-state index in [0.29, 0.717) is 16.5 Å². The molecule has 2 aromatic heterocycles. The molecular formula is C13H21NO5S3. The normalized spacial score (nSPS) is 21.1. The zero-order valence-electron chi connectivity index (χ0n) is 11.7. The maximum Gasteiger partial charge on any atom is 0.192 e. The van der Waals surface area contributed by atoms with Crippen LogP contribution in [0, 0.1) is 0 Å². The molecule has 126 valence electrons. The minimum absolute atomic E-state index is 0. The smallest absolute Gasteiger partial charge is 0.192 e. The van der Waals surface area contributed by atoms with Crippen LogP contribution in [-0.4, -0.2) is 42.2 Å². The van der Waals surface area contributed by atoms with Crippen molar-refractivity contribution >= 4 is 32.9 Å². The highest BCUT2D eigenvalue weighted by Crippen LogP contribution is 2.31. The van der Waals surface area contributed by atoms with E-state index in [9.17, 15) is 8.42 Å². The molecule has 0 aromatic carbocycles. The van der Waals surface area contributed by atoms with Crippen LogP contribution in [0.1, 0.15) is 7.19 Å². The zero-order chi connectivity index (χ0) is 14.0. The van der Waals surface area contributed by atoms with E-state index in [2.05, 4.69) is 5.32 Å². The van der Waals surface area contributed by atoms with Gasteiger partial charge in [0.25, 0.3) is 0 Å². The van der Waals surface area contributed by atoms with Crippen molar-refractivity contribution in [3.05, 3.63) is 41.7 Å². The van der Waals surface area contributed by atoms with Crippen molar-refractivity contribution in [2.24, 2.45) is 0 Å². The average Bonchev–Trinajstić information content (AvgIpc) is 3.17. The predicted molar refractivity (Wildman–Crippen MR) is 91.3 cm³/mol. The summed E-state index contributed by atoms with van der Waals surface area (Å²) in [5.74, 6) is 2.29. The SMILES string of the molecule is O.O.O=S(=O)(c1cccs1)[C@H]1CSC[C@@H]1NCc1ccco1.[HH].